The van der Waals surface area contributed by atoms with E-state index < -0.39 is 0 Å². The van der Waals surface area contributed by atoms with E-state index in [1.807, 2.05) is 11.8 Å². The third-order valence-electron chi connectivity index (χ3n) is 3.98. The van der Waals surface area contributed by atoms with Crippen molar-refractivity contribution in [2.75, 3.05) is 25.4 Å². The van der Waals surface area contributed by atoms with Gasteiger partial charge in [-0.05, 0) is 45.7 Å². The van der Waals surface area contributed by atoms with Crippen LogP contribution < -0.4 is 5.32 Å². The lowest BCUT2D eigenvalue weighted by atomic mass is 10.1. The van der Waals surface area contributed by atoms with E-state index in [0.717, 1.165) is 11.7 Å². The Balaban J connectivity index is 1.76. The second kappa shape index (κ2) is 6.80. The van der Waals surface area contributed by atoms with Gasteiger partial charge in [0.25, 0.3) is 0 Å². The first-order chi connectivity index (χ1) is 8.65. The van der Waals surface area contributed by atoms with Crippen molar-refractivity contribution in [2.24, 2.45) is 10.9 Å². The van der Waals surface area contributed by atoms with Crippen LogP contribution in [0.1, 0.15) is 40.0 Å². The number of thioether (sulfide) groups is 1. The monoisotopic (exact) mass is 269 g/mol. The number of hydrogen-bond acceptors (Lipinski definition) is 4. The fourth-order valence-corrected chi connectivity index (χ4v) is 3.79. The minimum atomic E-state index is 0.468. The van der Waals surface area contributed by atoms with Crippen molar-refractivity contribution < 1.29 is 0 Å². The molecule has 0 radical (unpaired) electrons. The highest BCUT2D eigenvalue weighted by Crippen LogP contribution is 2.21. The summed E-state index contributed by atoms with van der Waals surface area (Å²) in [6.45, 7) is 10.5. The first kappa shape index (κ1) is 14.2. The standard InChI is InChI=1S/C14H27N3S/c1-11-10-18-14(16-13(11)3)15-12(2)9-17-7-5-4-6-8-17/h11-13H,4-10H2,1-3H3,(H,15,16). The number of piperidine rings is 1. The summed E-state index contributed by atoms with van der Waals surface area (Å²) in [6.07, 6.45) is 4.16. The summed E-state index contributed by atoms with van der Waals surface area (Å²) in [4.78, 5) is 7.33. The fraction of sp³-hybridized carbons (Fsp3) is 0.929. The van der Waals surface area contributed by atoms with Crippen LogP contribution in [0.2, 0.25) is 0 Å². The van der Waals surface area contributed by atoms with Crippen LogP contribution in [0.25, 0.3) is 0 Å². The predicted molar refractivity (Wildman–Crippen MR) is 81.4 cm³/mol. The molecule has 2 aliphatic heterocycles. The van der Waals surface area contributed by atoms with Gasteiger partial charge in [-0.25, -0.2) is 0 Å². The van der Waals surface area contributed by atoms with Crippen molar-refractivity contribution in [3.63, 3.8) is 0 Å². The molecule has 3 atom stereocenters. The average Bonchev–Trinajstić information content (AvgIpc) is 2.35. The zero-order valence-corrected chi connectivity index (χ0v) is 12.8. The lowest BCUT2D eigenvalue weighted by Gasteiger charge is -2.31. The molecule has 0 saturated carbocycles. The molecular formula is C14H27N3S. The Morgan fingerprint density at radius 1 is 1.33 bits per heavy atom. The van der Waals surface area contributed by atoms with Gasteiger partial charge in [-0.2, -0.15) is 0 Å². The van der Waals surface area contributed by atoms with E-state index in [4.69, 9.17) is 4.99 Å². The molecule has 0 aromatic carbocycles. The smallest absolute Gasteiger partial charge is 0.157 e. The minimum absolute atomic E-state index is 0.468. The second-order valence-electron chi connectivity index (χ2n) is 5.87. The highest BCUT2D eigenvalue weighted by molar-refractivity contribution is 8.13. The van der Waals surface area contributed by atoms with Crippen molar-refractivity contribution in [2.45, 2.75) is 52.1 Å². The summed E-state index contributed by atoms with van der Waals surface area (Å²) in [5, 5.41) is 4.75. The topological polar surface area (TPSA) is 27.6 Å². The van der Waals surface area contributed by atoms with Crippen LogP contribution in [0.15, 0.2) is 4.99 Å². The maximum absolute atomic E-state index is 4.75. The van der Waals surface area contributed by atoms with Gasteiger partial charge in [-0.1, -0.05) is 25.1 Å². The lowest BCUT2D eigenvalue weighted by Crippen LogP contribution is -2.44. The van der Waals surface area contributed by atoms with E-state index in [1.165, 1.54) is 38.1 Å². The molecule has 0 amide bonds. The highest BCUT2D eigenvalue weighted by atomic mass is 32.2. The molecule has 1 N–H and O–H groups in total. The van der Waals surface area contributed by atoms with Gasteiger partial charge in [-0.15, -0.1) is 0 Å². The van der Waals surface area contributed by atoms with Crippen LogP contribution in [-0.4, -0.2) is 47.5 Å². The van der Waals surface area contributed by atoms with Gasteiger partial charge in [0.15, 0.2) is 5.17 Å². The van der Waals surface area contributed by atoms with Crippen LogP contribution >= 0.6 is 11.8 Å². The molecule has 0 aromatic rings. The van der Waals surface area contributed by atoms with E-state index in [2.05, 4.69) is 31.0 Å². The molecule has 18 heavy (non-hydrogen) atoms. The molecule has 0 aliphatic carbocycles. The van der Waals surface area contributed by atoms with Crippen molar-refractivity contribution in [3.05, 3.63) is 0 Å². The predicted octanol–water partition coefficient (Wildman–Crippen LogP) is 2.58. The Morgan fingerprint density at radius 2 is 2.06 bits per heavy atom. The maximum Gasteiger partial charge on any atom is 0.157 e. The van der Waals surface area contributed by atoms with Crippen LogP contribution in [0.5, 0.6) is 0 Å². The van der Waals surface area contributed by atoms with Gasteiger partial charge in [0.2, 0.25) is 0 Å². The van der Waals surface area contributed by atoms with Gasteiger partial charge in [-0.3, -0.25) is 4.99 Å². The molecule has 2 rings (SSSR count). The number of amidine groups is 1. The van der Waals surface area contributed by atoms with Gasteiger partial charge in [0.05, 0.1) is 6.04 Å². The van der Waals surface area contributed by atoms with Crippen LogP contribution in [0.3, 0.4) is 0 Å². The minimum Gasteiger partial charge on any atom is -0.361 e. The summed E-state index contributed by atoms with van der Waals surface area (Å²) in [5.74, 6) is 1.90. The van der Waals surface area contributed by atoms with Crippen molar-refractivity contribution >= 4 is 16.9 Å². The maximum atomic E-state index is 4.75. The third kappa shape index (κ3) is 4.16. The van der Waals surface area contributed by atoms with Crippen LogP contribution in [-0.2, 0) is 0 Å². The van der Waals surface area contributed by atoms with Crippen molar-refractivity contribution in [1.82, 2.24) is 10.2 Å². The summed E-state index contributed by atoms with van der Waals surface area (Å²) in [7, 11) is 0. The molecular weight excluding hydrogens is 242 g/mol. The number of likely N-dealkylation sites (tertiary alicyclic amines) is 1. The van der Waals surface area contributed by atoms with E-state index >= 15 is 0 Å². The SMILES string of the molecule is CC(CN1CCCCC1)NC1=NC(C)C(C)CS1. The third-order valence-corrected chi connectivity index (χ3v) is 5.17. The Labute approximate surface area is 116 Å². The van der Waals surface area contributed by atoms with E-state index in [1.54, 1.807) is 0 Å². The lowest BCUT2D eigenvalue weighted by molar-refractivity contribution is 0.215. The summed E-state index contributed by atoms with van der Waals surface area (Å²) < 4.78 is 0. The van der Waals surface area contributed by atoms with E-state index in [-0.39, 0.29) is 0 Å². The molecule has 104 valence electrons. The molecule has 1 saturated heterocycles. The van der Waals surface area contributed by atoms with Gasteiger partial charge >= 0.3 is 0 Å². The summed E-state index contributed by atoms with van der Waals surface area (Å²) in [5.41, 5.74) is 0. The molecule has 3 unspecified atom stereocenters. The molecule has 0 spiro atoms. The molecule has 2 aliphatic rings. The number of nitrogens with zero attached hydrogens (tertiary/aromatic N) is 2. The molecule has 0 aromatic heterocycles. The number of rotatable bonds is 3. The Kier molecular flexibility index (Phi) is 5.37. The summed E-state index contributed by atoms with van der Waals surface area (Å²) >= 11 is 1.89. The van der Waals surface area contributed by atoms with Crippen molar-refractivity contribution in [1.29, 1.82) is 0 Å². The Morgan fingerprint density at radius 3 is 2.72 bits per heavy atom. The fourth-order valence-electron chi connectivity index (χ4n) is 2.56. The van der Waals surface area contributed by atoms with Gasteiger partial charge in [0.1, 0.15) is 0 Å². The second-order valence-corrected chi connectivity index (χ2v) is 6.88. The Bertz CT molecular complexity index is 287. The number of nitrogens with one attached hydrogen (secondary N) is 1. The zero-order valence-electron chi connectivity index (χ0n) is 12.0. The number of aliphatic imine (C=N–C) groups is 1. The van der Waals surface area contributed by atoms with Gasteiger partial charge < -0.3 is 10.2 Å². The molecule has 0 bridgehead atoms. The number of hydrogen-bond donors (Lipinski definition) is 1. The van der Waals surface area contributed by atoms with E-state index in [0.29, 0.717) is 18.0 Å². The normalized spacial score (nSPS) is 31.8. The first-order valence-corrected chi connectivity index (χ1v) is 8.33. The highest BCUT2D eigenvalue weighted by Gasteiger charge is 2.21. The summed E-state index contributed by atoms with van der Waals surface area (Å²) in [6, 6.07) is 0.978. The van der Waals surface area contributed by atoms with Crippen LogP contribution in [0, 0.1) is 5.92 Å². The first-order valence-electron chi connectivity index (χ1n) is 7.34. The molecule has 1 fully saturated rings. The van der Waals surface area contributed by atoms with Crippen molar-refractivity contribution in [3.8, 4) is 0 Å². The van der Waals surface area contributed by atoms with Gasteiger partial charge in [0, 0.05) is 18.3 Å². The quantitative estimate of drug-likeness (QED) is 0.853. The van der Waals surface area contributed by atoms with Crippen LogP contribution in [0.4, 0.5) is 0 Å². The van der Waals surface area contributed by atoms with E-state index in [9.17, 15) is 0 Å². The largest absolute Gasteiger partial charge is 0.361 e. The zero-order chi connectivity index (χ0) is 13.0. The average molecular weight is 269 g/mol. The molecule has 2 heterocycles. The molecule has 4 heteroatoms. The molecule has 3 nitrogen and oxygen atoms in total. The Hall–Kier alpha value is -0.220.